The summed E-state index contributed by atoms with van der Waals surface area (Å²) in [4.78, 5) is 0. The smallest absolute Gasteiger partial charge is 0.206 e. The molecule has 0 heterocycles. The molecule has 0 spiro atoms. The first kappa shape index (κ1) is 16.9. The Morgan fingerprint density at radius 3 is 2.22 bits per heavy atom. The van der Waals surface area contributed by atoms with E-state index in [0.717, 1.165) is 19.3 Å². The molecule has 0 aromatic heterocycles. The normalized spacial score (nSPS) is 12.7. The SMILES string of the molecule is CCCCCCC(CC)NC(C#N)(C#N)CNC. The van der Waals surface area contributed by atoms with Crippen molar-refractivity contribution in [1.29, 1.82) is 10.5 Å². The van der Waals surface area contributed by atoms with Gasteiger partial charge in [-0.25, -0.2) is 0 Å². The minimum atomic E-state index is -1.10. The first-order chi connectivity index (χ1) is 8.67. The summed E-state index contributed by atoms with van der Waals surface area (Å²) in [5, 5.41) is 24.5. The molecule has 0 saturated carbocycles. The van der Waals surface area contributed by atoms with E-state index < -0.39 is 5.54 Å². The van der Waals surface area contributed by atoms with Crippen molar-refractivity contribution in [3.63, 3.8) is 0 Å². The van der Waals surface area contributed by atoms with Crippen LogP contribution in [0.4, 0.5) is 0 Å². The van der Waals surface area contributed by atoms with Gasteiger partial charge in [0, 0.05) is 12.6 Å². The molecule has 0 aliphatic carbocycles. The molecule has 0 fully saturated rings. The van der Waals surface area contributed by atoms with Gasteiger partial charge in [-0.1, -0.05) is 39.5 Å². The highest BCUT2D eigenvalue weighted by Gasteiger charge is 2.31. The van der Waals surface area contributed by atoms with Crippen molar-refractivity contribution in [3.05, 3.63) is 0 Å². The quantitative estimate of drug-likeness (QED) is 0.584. The average Bonchev–Trinajstić information content (AvgIpc) is 2.41. The number of rotatable bonds is 10. The minimum Gasteiger partial charge on any atom is -0.316 e. The lowest BCUT2D eigenvalue weighted by Crippen LogP contribution is -2.53. The Balaban J connectivity index is 4.31. The summed E-state index contributed by atoms with van der Waals surface area (Å²) in [7, 11) is 1.76. The standard InChI is InChI=1S/C14H26N4/c1-4-6-7-8-9-13(5-2)18-14(10-15,11-16)12-17-3/h13,17-18H,4-9,12H2,1-3H3. The second-order valence-corrected chi connectivity index (χ2v) is 4.76. The van der Waals surface area contributed by atoms with Gasteiger partial charge in [-0.15, -0.1) is 0 Å². The van der Waals surface area contributed by atoms with Crippen LogP contribution in [0.2, 0.25) is 0 Å². The van der Waals surface area contributed by atoms with Crippen LogP contribution in [0.5, 0.6) is 0 Å². The molecule has 0 amide bonds. The largest absolute Gasteiger partial charge is 0.316 e. The third-order valence-electron chi connectivity index (χ3n) is 3.17. The van der Waals surface area contributed by atoms with E-state index in [1.165, 1.54) is 19.3 Å². The molecule has 4 nitrogen and oxygen atoms in total. The summed E-state index contributed by atoms with van der Waals surface area (Å²) >= 11 is 0. The lowest BCUT2D eigenvalue weighted by Gasteiger charge is -2.26. The molecule has 0 aliphatic rings. The maximum absolute atomic E-state index is 9.19. The first-order valence-corrected chi connectivity index (χ1v) is 6.92. The first-order valence-electron chi connectivity index (χ1n) is 6.92. The van der Waals surface area contributed by atoms with E-state index in [1.54, 1.807) is 7.05 Å². The zero-order valence-electron chi connectivity index (χ0n) is 11.9. The van der Waals surface area contributed by atoms with Gasteiger partial charge in [-0.05, 0) is 19.9 Å². The third kappa shape index (κ3) is 6.00. The Morgan fingerprint density at radius 2 is 1.78 bits per heavy atom. The Morgan fingerprint density at radius 1 is 1.11 bits per heavy atom. The summed E-state index contributed by atoms with van der Waals surface area (Å²) < 4.78 is 0. The van der Waals surface area contributed by atoms with Crippen molar-refractivity contribution < 1.29 is 0 Å². The molecule has 18 heavy (non-hydrogen) atoms. The zero-order valence-corrected chi connectivity index (χ0v) is 11.9. The van der Waals surface area contributed by atoms with Gasteiger partial charge < -0.3 is 5.32 Å². The average molecular weight is 250 g/mol. The number of likely N-dealkylation sites (N-methyl/N-ethyl adjacent to an activating group) is 1. The predicted molar refractivity (Wildman–Crippen MR) is 73.9 cm³/mol. The molecular formula is C14H26N4. The Labute approximate surface area is 111 Å². The van der Waals surface area contributed by atoms with Crippen LogP contribution < -0.4 is 10.6 Å². The van der Waals surface area contributed by atoms with Crippen molar-refractivity contribution in [3.8, 4) is 12.1 Å². The maximum Gasteiger partial charge on any atom is 0.206 e. The molecule has 1 unspecified atom stereocenters. The summed E-state index contributed by atoms with van der Waals surface area (Å²) in [5.74, 6) is 0. The van der Waals surface area contributed by atoms with E-state index in [4.69, 9.17) is 0 Å². The van der Waals surface area contributed by atoms with Crippen molar-refractivity contribution in [1.82, 2.24) is 10.6 Å². The summed E-state index contributed by atoms with van der Waals surface area (Å²) in [5.41, 5.74) is -1.10. The molecular weight excluding hydrogens is 224 g/mol. The summed E-state index contributed by atoms with van der Waals surface area (Å²) in [6.45, 7) is 4.64. The lowest BCUT2D eigenvalue weighted by molar-refractivity contribution is 0.370. The third-order valence-corrected chi connectivity index (χ3v) is 3.17. The minimum absolute atomic E-state index is 0.245. The van der Waals surface area contributed by atoms with Gasteiger partial charge in [-0.2, -0.15) is 10.5 Å². The van der Waals surface area contributed by atoms with E-state index in [1.807, 2.05) is 0 Å². The molecule has 0 aromatic carbocycles. The second-order valence-electron chi connectivity index (χ2n) is 4.76. The maximum atomic E-state index is 9.19. The molecule has 1 atom stereocenters. The van der Waals surface area contributed by atoms with Crippen LogP contribution in [-0.4, -0.2) is 25.2 Å². The number of nitrogens with one attached hydrogen (secondary N) is 2. The molecule has 0 radical (unpaired) electrons. The van der Waals surface area contributed by atoms with Gasteiger partial charge in [0.1, 0.15) is 12.1 Å². The number of hydrogen-bond donors (Lipinski definition) is 2. The highest BCUT2D eigenvalue weighted by molar-refractivity contribution is 5.23. The number of hydrogen-bond acceptors (Lipinski definition) is 4. The molecule has 0 rings (SSSR count). The number of unbranched alkanes of at least 4 members (excludes halogenated alkanes) is 3. The molecule has 102 valence electrons. The van der Waals surface area contributed by atoms with Crippen molar-refractivity contribution >= 4 is 0 Å². The van der Waals surface area contributed by atoms with Gasteiger partial charge in [0.2, 0.25) is 5.54 Å². The van der Waals surface area contributed by atoms with Gasteiger partial charge in [0.05, 0.1) is 0 Å². The molecule has 2 N–H and O–H groups in total. The van der Waals surface area contributed by atoms with Crippen LogP contribution in [0.1, 0.15) is 52.4 Å². The number of nitriles is 2. The van der Waals surface area contributed by atoms with Crippen LogP contribution >= 0.6 is 0 Å². The fraction of sp³-hybridized carbons (Fsp3) is 0.857. The fourth-order valence-corrected chi connectivity index (χ4v) is 2.03. The molecule has 0 saturated heterocycles. The Bertz CT molecular complexity index is 273. The van der Waals surface area contributed by atoms with Crippen molar-refractivity contribution in [2.24, 2.45) is 0 Å². The van der Waals surface area contributed by atoms with Crippen LogP contribution in [0.25, 0.3) is 0 Å². The topological polar surface area (TPSA) is 71.6 Å². The fourth-order valence-electron chi connectivity index (χ4n) is 2.03. The lowest BCUT2D eigenvalue weighted by atomic mass is 9.98. The molecule has 4 heteroatoms. The molecule has 0 aromatic rings. The van der Waals surface area contributed by atoms with E-state index in [-0.39, 0.29) is 6.04 Å². The van der Waals surface area contributed by atoms with E-state index >= 15 is 0 Å². The van der Waals surface area contributed by atoms with E-state index in [2.05, 4.69) is 36.6 Å². The zero-order chi connectivity index (χ0) is 13.9. The second kappa shape index (κ2) is 9.88. The van der Waals surface area contributed by atoms with Crippen LogP contribution in [0.15, 0.2) is 0 Å². The summed E-state index contributed by atoms with van der Waals surface area (Å²) in [6, 6.07) is 4.44. The Kier molecular flexibility index (Phi) is 9.28. The van der Waals surface area contributed by atoms with Gasteiger partial charge in [0.15, 0.2) is 0 Å². The highest BCUT2D eigenvalue weighted by Crippen LogP contribution is 2.11. The van der Waals surface area contributed by atoms with Crippen LogP contribution in [-0.2, 0) is 0 Å². The number of nitrogens with zero attached hydrogens (tertiary/aromatic N) is 2. The van der Waals surface area contributed by atoms with Crippen molar-refractivity contribution in [2.45, 2.75) is 64.0 Å². The Hall–Kier alpha value is -1.10. The van der Waals surface area contributed by atoms with Crippen LogP contribution in [0.3, 0.4) is 0 Å². The van der Waals surface area contributed by atoms with Gasteiger partial charge >= 0.3 is 0 Å². The molecule has 0 aliphatic heterocycles. The highest BCUT2D eigenvalue weighted by atomic mass is 15.0. The van der Waals surface area contributed by atoms with E-state index in [9.17, 15) is 10.5 Å². The molecule has 0 bridgehead atoms. The van der Waals surface area contributed by atoms with Gasteiger partial charge in [-0.3, -0.25) is 5.32 Å². The van der Waals surface area contributed by atoms with Crippen LogP contribution in [0, 0.1) is 22.7 Å². The summed E-state index contributed by atoms with van der Waals surface area (Å²) in [6.07, 6.45) is 6.85. The van der Waals surface area contributed by atoms with E-state index in [0.29, 0.717) is 6.54 Å². The van der Waals surface area contributed by atoms with Gasteiger partial charge in [0.25, 0.3) is 0 Å². The monoisotopic (exact) mass is 250 g/mol. The predicted octanol–water partition coefficient (Wildman–Crippen LogP) is 2.33. The van der Waals surface area contributed by atoms with Crippen molar-refractivity contribution in [2.75, 3.05) is 13.6 Å².